The van der Waals surface area contributed by atoms with Gasteiger partial charge in [-0.1, -0.05) is 0 Å². The van der Waals surface area contributed by atoms with E-state index in [9.17, 15) is 0 Å². The topological polar surface area (TPSA) is 66.0 Å². The summed E-state index contributed by atoms with van der Waals surface area (Å²) in [5, 5.41) is 4.30. The highest BCUT2D eigenvalue weighted by Gasteiger charge is 2.12. The van der Waals surface area contributed by atoms with Gasteiger partial charge in [-0.25, -0.2) is 4.98 Å². The molecular weight excluding hydrogens is 228 g/mol. The Kier molecular flexibility index (Phi) is 3.34. The summed E-state index contributed by atoms with van der Waals surface area (Å²) in [5.74, 6) is 1.30. The number of aromatic nitrogens is 3. The highest BCUT2D eigenvalue weighted by molar-refractivity contribution is 5.36. The van der Waals surface area contributed by atoms with E-state index < -0.39 is 0 Å². The molecule has 0 aromatic carbocycles. The van der Waals surface area contributed by atoms with E-state index in [4.69, 9.17) is 10.5 Å². The molecule has 0 fully saturated rings. The summed E-state index contributed by atoms with van der Waals surface area (Å²) in [6.45, 7) is 5.81. The van der Waals surface area contributed by atoms with Crippen molar-refractivity contribution in [1.82, 2.24) is 14.8 Å². The van der Waals surface area contributed by atoms with Crippen molar-refractivity contribution in [2.45, 2.75) is 26.8 Å². The number of hydrogen-bond donors (Lipinski definition) is 1. The molecule has 0 saturated heterocycles. The second kappa shape index (κ2) is 4.78. The zero-order valence-electron chi connectivity index (χ0n) is 11.1. The van der Waals surface area contributed by atoms with Gasteiger partial charge in [-0.15, -0.1) is 0 Å². The molecule has 2 rings (SSSR count). The fourth-order valence-corrected chi connectivity index (χ4v) is 1.77. The SMILES string of the molecule is Cc1nn(C)c(C)c1Oc1cc([C@@H](C)N)ccn1. The molecule has 0 amide bonds. The molecule has 0 unspecified atom stereocenters. The summed E-state index contributed by atoms with van der Waals surface area (Å²) >= 11 is 0. The van der Waals surface area contributed by atoms with Crippen molar-refractivity contribution >= 4 is 0 Å². The lowest BCUT2D eigenvalue weighted by atomic mass is 10.1. The molecule has 2 N–H and O–H groups in total. The predicted molar refractivity (Wildman–Crippen MR) is 69.6 cm³/mol. The van der Waals surface area contributed by atoms with Crippen molar-refractivity contribution in [3.63, 3.8) is 0 Å². The minimum Gasteiger partial charge on any atom is -0.435 e. The lowest BCUT2D eigenvalue weighted by molar-refractivity contribution is 0.454. The second-order valence-electron chi connectivity index (χ2n) is 4.44. The molecule has 0 spiro atoms. The van der Waals surface area contributed by atoms with Gasteiger partial charge in [0.25, 0.3) is 0 Å². The smallest absolute Gasteiger partial charge is 0.219 e. The third-order valence-corrected chi connectivity index (χ3v) is 2.93. The van der Waals surface area contributed by atoms with Crippen LogP contribution in [0.25, 0.3) is 0 Å². The standard InChI is InChI=1S/C13H18N4O/c1-8(14)11-5-6-15-12(7-11)18-13-9(2)16-17(4)10(13)3/h5-8H,14H2,1-4H3/t8-/m1/s1. The summed E-state index contributed by atoms with van der Waals surface area (Å²) in [5.41, 5.74) is 8.66. The first-order valence-corrected chi connectivity index (χ1v) is 5.88. The van der Waals surface area contributed by atoms with E-state index in [1.165, 1.54) is 0 Å². The maximum Gasteiger partial charge on any atom is 0.219 e. The highest BCUT2D eigenvalue weighted by Crippen LogP contribution is 2.27. The van der Waals surface area contributed by atoms with Crippen LogP contribution in [-0.2, 0) is 7.05 Å². The van der Waals surface area contributed by atoms with Crippen LogP contribution in [0.4, 0.5) is 0 Å². The van der Waals surface area contributed by atoms with E-state index in [0.717, 1.165) is 22.7 Å². The average molecular weight is 246 g/mol. The number of rotatable bonds is 3. The monoisotopic (exact) mass is 246 g/mol. The fourth-order valence-electron chi connectivity index (χ4n) is 1.77. The number of ether oxygens (including phenoxy) is 1. The summed E-state index contributed by atoms with van der Waals surface area (Å²) in [6.07, 6.45) is 1.70. The molecular formula is C13H18N4O. The molecule has 0 aliphatic carbocycles. The Labute approximate surface area is 107 Å². The summed E-state index contributed by atoms with van der Waals surface area (Å²) < 4.78 is 7.59. The first-order valence-electron chi connectivity index (χ1n) is 5.88. The van der Waals surface area contributed by atoms with Crippen molar-refractivity contribution in [3.05, 3.63) is 35.3 Å². The van der Waals surface area contributed by atoms with Crippen LogP contribution in [0.3, 0.4) is 0 Å². The lowest BCUT2D eigenvalue weighted by Crippen LogP contribution is -2.05. The highest BCUT2D eigenvalue weighted by atomic mass is 16.5. The Morgan fingerprint density at radius 2 is 2.11 bits per heavy atom. The zero-order valence-corrected chi connectivity index (χ0v) is 11.1. The van der Waals surface area contributed by atoms with Gasteiger partial charge in [-0.05, 0) is 32.4 Å². The van der Waals surface area contributed by atoms with Crippen molar-refractivity contribution in [3.8, 4) is 11.6 Å². The fraction of sp³-hybridized carbons (Fsp3) is 0.385. The number of nitrogens with zero attached hydrogens (tertiary/aromatic N) is 3. The van der Waals surface area contributed by atoms with E-state index in [1.807, 2.05) is 40.0 Å². The Balaban J connectivity index is 2.31. The number of pyridine rings is 1. The molecule has 18 heavy (non-hydrogen) atoms. The van der Waals surface area contributed by atoms with Crippen LogP contribution in [0.1, 0.15) is 29.9 Å². The van der Waals surface area contributed by atoms with Gasteiger partial charge in [0.15, 0.2) is 5.75 Å². The van der Waals surface area contributed by atoms with Crippen LogP contribution in [0.15, 0.2) is 18.3 Å². The van der Waals surface area contributed by atoms with Crippen molar-refractivity contribution in [2.24, 2.45) is 12.8 Å². The predicted octanol–water partition coefficient (Wildman–Crippen LogP) is 2.24. The Hall–Kier alpha value is -1.88. The largest absolute Gasteiger partial charge is 0.435 e. The quantitative estimate of drug-likeness (QED) is 0.902. The van der Waals surface area contributed by atoms with Gasteiger partial charge in [0.1, 0.15) is 5.69 Å². The normalized spacial score (nSPS) is 12.5. The van der Waals surface area contributed by atoms with E-state index in [2.05, 4.69) is 10.1 Å². The van der Waals surface area contributed by atoms with Crippen LogP contribution in [0.5, 0.6) is 11.6 Å². The van der Waals surface area contributed by atoms with Gasteiger partial charge >= 0.3 is 0 Å². The average Bonchev–Trinajstić information content (AvgIpc) is 2.56. The molecule has 1 atom stereocenters. The van der Waals surface area contributed by atoms with E-state index in [1.54, 1.807) is 10.9 Å². The van der Waals surface area contributed by atoms with Crippen molar-refractivity contribution in [1.29, 1.82) is 0 Å². The Morgan fingerprint density at radius 3 is 2.67 bits per heavy atom. The molecule has 96 valence electrons. The lowest BCUT2D eigenvalue weighted by Gasteiger charge is -2.08. The molecule has 0 aliphatic heterocycles. The van der Waals surface area contributed by atoms with Gasteiger partial charge < -0.3 is 10.5 Å². The van der Waals surface area contributed by atoms with Crippen LogP contribution < -0.4 is 10.5 Å². The first-order chi connectivity index (χ1) is 8.49. The minimum atomic E-state index is -0.0357. The number of nitrogens with two attached hydrogens (primary N) is 1. The Morgan fingerprint density at radius 1 is 1.39 bits per heavy atom. The number of hydrogen-bond acceptors (Lipinski definition) is 4. The minimum absolute atomic E-state index is 0.0357. The van der Waals surface area contributed by atoms with Crippen molar-refractivity contribution < 1.29 is 4.74 Å². The van der Waals surface area contributed by atoms with Gasteiger partial charge in [0.2, 0.25) is 5.88 Å². The van der Waals surface area contributed by atoms with Crippen LogP contribution in [0, 0.1) is 13.8 Å². The van der Waals surface area contributed by atoms with Crippen LogP contribution >= 0.6 is 0 Å². The van der Waals surface area contributed by atoms with Crippen LogP contribution in [0.2, 0.25) is 0 Å². The molecule has 2 heterocycles. The van der Waals surface area contributed by atoms with E-state index >= 15 is 0 Å². The molecule has 0 bridgehead atoms. The molecule has 2 aromatic heterocycles. The van der Waals surface area contributed by atoms with Crippen LogP contribution in [-0.4, -0.2) is 14.8 Å². The molecule has 5 nitrogen and oxygen atoms in total. The summed E-state index contributed by atoms with van der Waals surface area (Å²) in [4.78, 5) is 4.19. The van der Waals surface area contributed by atoms with E-state index in [0.29, 0.717) is 5.88 Å². The molecule has 5 heteroatoms. The summed E-state index contributed by atoms with van der Waals surface area (Å²) in [6, 6.07) is 3.71. The number of aryl methyl sites for hydroxylation is 2. The van der Waals surface area contributed by atoms with Gasteiger partial charge in [-0.3, -0.25) is 4.68 Å². The molecule has 0 radical (unpaired) electrons. The third kappa shape index (κ3) is 2.36. The third-order valence-electron chi connectivity index (χ3n) is 2.93. The first kappa shape index (κ1) is 12.6. The maximum atomic E-state index is 5.84. The van der Waals surface area contributed by atoms with Gasteiger partial charge in [0, 0.05) is 25.4 Å². The molecule has 0 saturated carbocycles. The maximum absolute atomic E-state index is 5.84. The summed E-state index contributed by atoms with van der Waals surface area (Å²) in [7, 11) is 1.89. The Bertz CT molecular complexity index is 560. The molecule has 2 aromatic rings. The molecule has 0 aliphatic rings. The van der Waals surface area contributed by atoms with Crippen molar-refractivity contribution in [2.75, 3.05) is 0 Å². The van der Waals surface area contributed by atoms with Gasteiger partial charge in [0.05, 0.1) is 5.69 Å². The zero-order chi connectivity index (χ0) is 13.3. The van der Waals surface area contributed by atoms with Gasteiger partial charge in [-0.2, -0.15) is 5.10 Å². The second-order valence-corrected chi connectivity index (χ2v) is 4.44. The van der Waals surface area contributed by atoms with E-state index in [-0.39, 0.29) is 6.04 Å².